The molecule has 0 aromatic carbocycles. The van der Waals surface area contributed by atoms with E-state index >= 15 is 0 Å². The molecule has 1 saturated heterocycles. The van der Waals surface area contributed by atoms with Crippen LogP contribution in [0.25, 0.3) is 0 Å². The van der Waals surface area contributed by atoms with Gasteiger partial charge in [-0.3, -0.25) is 14.5 Å². The molecule has 130 valence electrons. The van der Waals surface area contributed by atoms with Crippen molar-refractivity contribution in [1.29, 1.82) is 0 Å². The number of amides is 2. The van der Waals surface area contributed by atoms with Gasteiger partial charge in [-0.15, -0.1) is 23.2 Å². The maximum Gasteiger partial charge on any atom is 0.233 e. The van der Waals surface area contributed by atoms with Crippen molar-refractivity contribution < 1.29 is 9.59 Å². The second kappa shape index (κ2) is 7.31. The van der Waals surface area contributed by atoms with Crippen LogP contribution in [0, 0.1) is 17.8 Å². The van der Waals surface area contributed by atoms with Crippen LogP contribution in [0.3, 0.4) is 0 Å². The Bertz CT molecular complexity index is 462. The first-order valence-electron chi connectivity index (χ1n) is 9.11. The number of imide groups is 1. The summed E-state index contributed by atoms with van der Waals surface area (Å²) >= 11 is 12.7. The summed E-state index contributed by atoms with van der Waals surface area (Å²) in [5.74, 6) is 0.821. The van der Waals surface area contributed by atoms with Gasteiger partial charge in [0.2, 0.25) is 11.8 Å². The lowest BCUT2D eigenvalue weighted by molar-refractivity contribution is -0.143. The van der Waals surface area contributed by atoms with Crippen LogP contribution in [-0.4, -0.2) is 33.5 Å². The van der Waals surface area contributed by atoms with Crippen LogP contribution >= 0.6 is 23.2 Å². The Hall–Kier alpha value is -0.280. The summed E-state index contributed by atoms with van der Waals surface area (Å²) < 4.78 is 0. The monoisotopic (exact) mass is 359 g/mol. The van der Waals surface area contributed by atoms with Gasteiger partial charge in [0.15, 0.2) is 0 Å². The lowest BCUT2D eigenvalue weighted by Gasteiger charge is -2.37. The molecule has 0 bridgehead atoms. The smallest absolute Gasteiger partial charge is 0.233 e. The van der Waals surface area contributed by atoms with E-state index in [1.54, 1.807) is 0 Å². The topological polar surface area (TPSA) is 37.4 Å². The van der Waals surface area contributed by atoms with E-state index in [4.69, 9.17) is 23.2 Å². The molecule has 0 spiro atoms. The number of hydrogen-bond acceptors (Lipinski definition) is 2. The standard InChI is InChI=1S/C18H27Cl2NO2/c1-11-3-2-4-15(17(11)20)21-16(22)10-13(18(21)23)9-12-5-7-14(19)8-6-12/h11-15,17H,2-10H2,1H3. The van der Waals surface area contributed by atoms with Crippen molar-refractivity contribution in [2.75, 3.05) is 0 Å². The second-order valence-corrected chi connectivity index (χ2v) is 8.90. The second-order valence-electron chi connectivity index (χ2n) is 7.78. The van der Waals surface area contributed by atoms with Crippen molar-refractivity contribution in [3.05, 3.63) is 0 Å². The zero-order valence-corrected chi connectivity index (χ0v) is 15.4. The summed E-state index contributed by atoms with van der Waals surface area (Å²) in [5, 5.41) is 0.200. The number of carbonyl (C=O) groups is 2. The molecule has 4 unspecified atom stereocenters. The average Bonchev–Trinajstić information content (AvgIpc) is 2.79. The maximum atomic E-state index is 12.8. The summed E-state index contributed by atoms with van der Waals surface area (Å²) in [4.78, 5) is 26.8. The normalized spacial score (nSPS) is 42.3. The number of carbonyl (C=O) groups excluding carboxylic acids is 2. The minimum absolute atomic E-state index is 0.00391. The van der Waals surface area contributed by atoms with E-state index in [1.807, 2.05) is 0 Å². The van der Waals surface area contributed by atoms with E-state index in [2.05, 4.69) is 6.92 Å². The fraction of sp³-hybridized carbons (Fsp3) is 0.889. The highest BCUT2D eigenvalue weighted by Gasteiger charge is 2.46. The molecule has 0 N–H and O–H groups in total. The van der Waals surface area contributed by atoms with E-state index in [9.17, 15) is 9.59 Å². The van der Waals surface area contributed by atoms with Gasteiger partial charge in [-0.05, 0) is 56.8 Å². The summed E-state index contributed by atoms with van der Waals surface area (Å²) in [6.07, 6.45) is 8.48. The van der Waals surface area contributed by atoms with E-state index in [-0.39, 0.29) is 29.2 Å². The van der Waals surface area contributed by atoms with Crippen molar-refractivity contribution in [1.82, 2.24) is 4.90 Å². The Labute approximate surface area is 149 Å². The molecule has 1 aliphatic heterocycles. The summed E-state index contributed by atoms with van der Waals surface area (Å²) in [5.41, 5.74) is 0. The van der Waals surface area contributed by atoms with E-state index in [1.165, 1.54) is 4.90 Å². The Balaban J connectivity index is 1.63. The molecule has 3 rings (SSSR count). The molecule has 0 aromatic rings. The van der Waals surface area contributed by atoms with Crippen molar-refractivity contribution in [2.24, 2.45) is 17.8 Å². The summed E-state index contributed by atoms with van der Waals surface area (Å²) in [6, 6.07) is -0.0935. The quantitative estimate of drug-likeness (QED) is 0.554. The van der Waals surface area contributed by atoms with Crippen molar-refractivity contribution in [3.8, 4) is 0 Å². The molecular formula is C18H27Cl2NO2. The average molecular weight is 360 g/mol. The first kappa shape index (κ1) is 17.5. The van der Waals surface area contributed by atoms with E-state index in [0.717, 1.165) is 51.4 Å². The highest BCUT2D eigenvalue weighted by Crippen LogP contribution is 2.39. The van der Waals surface area contributed by atoms with Crippen LogP contribution in [0.1, 0.15) is 64.7 Å². The third-order valence-electron chi connectivity index (χ3n) is 6.07. The zero-order chi connectivity index (χ0) is 16.6. The number of likely N-dealkylation sites (tertiary alicyclic amines) is 1. The van der Waals surface area contributed by atoms with E-state index in [0.29, 0.717) is 23.6 Å². The van der Waals surface area contributed by atoms with Crippen LogP contribution in [0.5, 0.6) is 0 Å². The number of nitrogens with zero attached hydrogens (tertiary/aromatic N) is 1. The SMILES string of the molecule is CC1CCCC(N2C(=O)CC(CC3CCC(Cl)CC3)C2=O)C1Cl. The van der Waals surface area contributed by atoms with Gasteiger partial charge in [-0.1, -0.05) is 13.3 Å². The molecule has 3 aliphatic rings. The number of rotatable bonds is 3. The first-order valence-corrected chi connectivity index (χ1v) is 9.98. The molecule has 3 fully saturated rings. The van der Waals surface area contributed by atoms with Crippen LogP contribution in [0.15, 0.2) is 0 Å². The van der Waals surface area contributed by atoms with Crippen molar-refractivity contribution >= 4 is 35.0 Å². The van der Waals surface area contributed by atoms with Gasteiger partial charge in [0, 0.05) is 17.7 Å². The fourth-order valence-electron chi connectivity index (χ4n) is 4.63. The third kappa shape index (κ3) is 3.71. The maximum absolute atomic E-state index is 12.8. The molecule has 23 heavy (non-hydrogen) atoms. The first-order chi connectivity index (χ1) is 11.0. The van der Waals surface area contributed by atoms with Gasteiger partial charge in [0.05, 0.1) is 11.4 Å². The molecular weight excluding hydrogens is 333 g/mol. The molecule has 4 atom stereocenters. The Morgan fingerprint density at radius 2 is 1.74 bits per heavy atom. The molecule has 0 radical (unpaired) electrons. The highest BCUT2D eigenvalue weighted by molar-refractivity contribution is 6.22. The van der Waals surface area contributed by atoms with Gasteiger partial charge in [-0.2, -0.15) is 0 Å². The minimum atomic E-state index is -0.125. The highest BCUT2D eigenvalue weighted by atomic mass is 35.5. The van der Waals surface area contributed by atoms with Crippen LogP contribution in [0.2, 0.25) is 0 Å². The summed E-state index contributed by atoms with van der Waals surface area (Å²) in [6.45, 7) is 2.12. The Morgan fingerprint density at radius 3 is 2.43 bits per heavy atom. The van der Waals surface area contributed by atoms with Gasteiger partial charge in [0.25, 0.3) is 0 Å². The predicted octanol–water partition coefficient (Wildman–Crippen LogP) is 4.35. The number of alkyl halides is 2. The van der Waals surface area contributed by atoms with Crippen molar-refractivity contribution in [2.45, 2.75) is 81.5 Å². The third-order valence-corrected chi connectivity index (χ3v) is 7.23. The van der Waals surface area contributed by atoms with Gasteiger partial charge in [0.1, 0.15) is 0 Å². The molecule has 1 heterocycles. The molecule has 2 saturated carbocycles. The fourth-order valence-corrected chi connectivity index (χ4v) is 5.24. The molecule has 2 amide bonds. The van der Waals surface area contributed by atoms with E-state index < -0.39 is 0 Å². The van der Waals surface area contributed by atoms with Gasteiger partial charge < -0.3 is 0 Å². The minimum Gasteiger partial charge on any atom is -0.278 e. The number of hydrogen-bond donors (Lipinski definition) is 0. The zero-order valence-electron chi connectivity index (χ0n) is 13.8. The van der Waals surface area contributed by atoms with Crippen LogP contribution < -0.4 is 0 Å². The van der Waals surface area contributed by atoms with Gasteiger partial charge in [-0.25, -0.2) is 0 Å². The molecule has 0 aromatic heterocycles. The van der Waals surface area contributed by atoms with Crippen LogP contribution in [-0.2, 0) is 9.59 Å². The lowest BCUT2D eigenvalue weighted by Crippen LogP contribution is -2.49. The van der Waals surface area contributed by atoms with Crippen LogP contribution in [0.4, 0.5) is 0 Å². The molecule has 5 heteroatoms. The molecule has 2 aliphatic carbocycles. The Kier molecular flexibility index (Phi) is 5.57. The molecule has 3 nitrogen and oxygen atoms in total. The summed E-state index contributed by atoms with van der Waals surface area (Å²) in [7, 11) is 0. The lowest BCUT2D eigenvalue weighted by atomic mass is 9.82. The number of halogens is 2. The largest absolute Gasteiger partial charge is 0.278 e. The van der Waals surface area contributed by atoms with Crippen molar-refractivity contribution in [3.63, 3.8) is 0 Å². The predicted molar refractivity (Wildman–Crippen MR) is 92.6 cm³/mol. The Morgan fingerprint density at radius 1 is 1.04 bits per heavy atom. The van der Waals surface area contributed by atoms with Gasteiger partial charge >= 0.3 is 0 Å².